The van der Waals surface area contributed by atoms with E-state index in [-0.39, 0.29) is 17.9 Å². The van der Waals surface area contributed by atoms with Gasteiger partial charge in [-0.25, -0.2) is 4.68 Å². The first-order valence-electron chi connectivity index (χ1n) is 9.12. The van der Waals surface area contributed by atoms with Gasteiger partial charge in [-0.05, 0) is 36.8 Å². The number of aryl methyl sites for hydroxylation is 1. The van der Waals surface area contributed by atoms with Crippen molar-refractivity contribution in [3.05, 3.63) is 76.6 Å². The van der Waals surface area contributed by atoms with Gasteiger partial charge in [0.1, 0.15) is 11.8 Å². The molecule has 0 aliphatic rings. The van der Waals surface area contributed by atoms with Crippen molar-refractivity contribution in [1.29, 1.82) is 5.26 Å². The van der Waals surface area contributed by atoms with E-state index in [1.165, 1.54) is 10.7 Å². The molecule has 7 heteroatoms. The molecule has 29 heavy (non-hydrogen) atoms. The number of nitrogens with one attached hydrogen (secondary N) is 1. The van der Waals surface area contributed by atoms with Crippen LogP contribution in [0.3, 0.4) is 0 Å². The molecule has 146 valence electrons. The summed E-state index contributed by atoms with van der Waals surface area (Å²) in [6.07, 6.45) is 0.645. The second kappa shape index (κ2) is 9.33. The zero-order chi connectivity index (χ0) is 20.6. The summed E-state index contributed by atoms with van der Waals surface area (Å²) < 4.78 is 6.58. The topological polar surface area (TPSA) is 97.0 Å². The minimum atomic E-state index is -0.230. The van der Waals surface area contributed by atoms with Crippen LogP contribution in [0.5, 0.6) is 5.75 Å². The molecule has 0 radical (unpaired) electrons. The Kier molecular flexibility index (Phi) is 6.38. The zero-order valence-electron chi connectivity index (χ0n) is 16.0. The number of carbonyl (C=O) groups is 1. The molecule has 0 aliphatic carbocycles. The summed E-state index contributed by atoms with van der Waals surface area (Å²) in [4.78, 5) is 24.3. The third kappa shape index (κ3) is 5.08. The van der Waals surface area contributed by atoms with Crippen LogP contribution in [0.1, 0.15) is 18.4 Å². The molecule has 0 unspecified atom stereocenters. The molecule has 3 rings (SSSR count). The lowest BCUT2D eigenvalue weighted by molar-refractivity contribution is -0.116. The molecule has 1 heterocycles. The number of methoxy groups -OCH3 is 1. The van der Waals surface area contributed by atoms with Crippen molar-refractivity contribution in [2.24, 2.45) is 0 Å². The number of anilines is 1. The number of hydrogen-bond donors (Lipinski definition) is 1. The van der Waals surface area contributed by atoms with Gasteiger partial charge in [0.25, 0.3) is 5.56 Å². The minimum absolute atomic E-state index is 0.206. The van der Waals surface area contributed by atoms with Crippen LogP contribution in [0.2, 0.25) is 0 Å². The van der Waals surface area contributed by atoms with Crippen LogP contribution < -0.4 is 15.6 Å². The SMILES string of the molecule is COc1cccc(-c2ccc(=O)n(CCCC(=O)Nc3ccccc3C#N)n2)c1. The number of carbonyl (C=O) groups excluding carboxylic acids is 1. The maximum atomic E-state index is 12.2. The average Bonchev–Trinajstić information content (AvgIpc) is 2.75. The monoisotopic (exact) mass is 388 g/mol. The first-order chi connectivity index (χ1) is 14.1. The molecule has 0 spiro atoms. The predicted molar refractivity (Wildman–Crippen MR) is 110 cm³/mol. The Hall–Kier alpha value is -3.92. The summed E-state index contributed by atoms with van der Waals surface area (Å²) in [7, 11) is 1.59. The fourth-order valence-electron chi connectivity index (χ4n) is 2.84. The van der Waals surface area contributed by atoms with Gasteiger partial charge in [-0.3, -0.25) is 9.59 Å². The van der Waals surface area contributed by atoms with Crippen molar-refractivity contribution < 1.29 is 9.53 Å². The Balaban J connectivity index is 1.64. The molecule has 0 aliphatic heterocycles. The highest BCUT2D eigenvalue weighted by atomic mass is 16.5. The van der Waals surface area contributed by atoms with Crippen LogP contribution in [0.25, 0.3) is 11.3 Å². The van der Waals surface area contributed by atoms with E-state index in [1.807, 2.05) is 30.3 Å². The lowest BCUT2D eigenvalue weighted by atomic mass is 10.1. The molecule has 3 aromatic rings. The van der Waals surface area contributed by atoms with E-state index >= 15 is 0 Å². The van der Waals surface area contributed by atoms with Gasteiger partial charge in [-0.1, -0.05) is 24.3 Å². The molecule has 1 aromatic heterocycles. The first-order valence-corrected chi connectivity index (χ1v) is 9.12. The van der Waals surface area contributed by atoms with E-state index in [0.717, 1.165) is 5.56 Å². The molecule has 0 saturated heterocycles. The number of ether oxygens (including phenoxy) is 1. The van der Waals surface area contributed by atoms with Crippen LogP contribution in [0.15, 0.2) is 65.5 Å². The lowest BCUT2D eigenvalue weighted by Gasteiger charge is -2.09. The highest BCUT2D eigenvalue weighted by molar-refractivity contribution is 5.92. The summed E-state index contributed by atoms with van der Waals surface area (Å²) in [6, 6.07) is 19.4. The third-order valence-electron chi connectivity index (χ3n) is 4.33. The molecule has 2 aromatic carbocycles. The second-order valence-corrected chi connectivity index (χ2v) is 6.32. The molecule has 0 bridgehead atoms. The van der Waals surface area contributed by atoms with Crippen LogP contribution in [0.4, 0.5) is 5.69 Å². The van der Waals surface area contributed by atoms with Gasteiger partial charge in [0.15, 0.2) is 0 Å². The zero-order valence-corrected chi connectivity index (χ0v) is 16.0. The van der Waals surface area contributed by atoms with Crippen molar-refractivity contribution >= 4 is 11.6 Å². The average molecular weight is 388 g/mol. The van der Waals surface area contributed by atoms with Gasteiger partial charge < -0.3 is 10.1 Å². The van der Waals surface area contributed by atoms with E-state index in [4.69, 9.17) is 10.00 Å². The molecular formula is C22H20N4O3. The van der Waals surface area contributed by atoms with E-state index in [0.29, 0.717) is 35.7 Å². The Morgan fingerprint density at radius 2 is 2.00 bits per heavy atom. The number of benzene rings is 2. The summed E-state index contributed by atoms with van der Waals surface area (Å²) >= 11 is 0. The van der Waals surface area contributed by atoms with Crippen LogP contribution in [0, 0.1) is 11.3 Å². The second-order valence-electron chi connectivity index (χ2n) is 6.32. The van der Waals surface area contributed by atoms with E-state index < -0.39 is 0 Å². The van der Waals surface area contributed by atoms with Gasteiger partial charge in [-0.2, -0.15) is 10.4 Å². The van der Waals surface area contributed by atoms with Crippen molar-refractivity contribution in [2.45, 2.75) is 19.4 Å². The molecule has 0 atom stereocenters. The molecule has 7 nitrogen and oxygen atoms in total. The number of nitrogens with zero attached hydrogens (tertiary/aromatic N) is 3. The Morgan fingerprint density at radius 3 is 2.79 bits per heavy atom. The van der Waals surface area contributed by atoms with Gasteiger partial charge >= 0.3 is 0 Å². The molecule has 1 N–H and O–H groups in total. The first kappa shape index (κ1) is 19.8. The van der Waals surface area contributed by atoms with Gasteiger partial charge in [0.05, 0.1) is 24.1 Å². The number of para-hydroxylation sites is 1. The van der Waals surface area contributed by atoms with Crippen LogP contribution >= 0.6 is 0 Å². The molecule has 1 amide bonds. The Morgan fingerprint density at radius 1 is 1.17 bits per heavy atom. The summed E-state index contributed by atoms with van der Waals surface area (Å²) in [5.74, 6) is 0.487. The highest BCUT2D eigenvalue weighted by Crippen LogP contribution is 2.21. The molecule has 0 saturated carbocycles. The Labute approximate surface area is 168 Å². The largest absolute Gasteiger partial charge is 0.497 e. The normalized spacial score (nSPS) is 10.2. The fourth-order valence-corrected chi connectivity index (χ4v) is 2.84. The summed E-state index contributed by atoms with van der Waals surface area (Å²) in [5, 5.41) is 16.2. The number of amides is 1. The van der Waals surface area contributed by atoms with Crippen molar-refractivity contribution in [3.63, 3.8) is 0 Å². The van der Waals surface area contributed by atoms with Crippen LogP contribution in [-0.4, -0.2) is 22.8 Å². The van der Waals surface area contributed by atoms with Gasteiger partial charge in [0, 0.05) is 24.6 Å². The lowest BCUT2D eigenvalue weighted by Crippen LogP contribution is -2.23. The molecular weight excluding hydrogens is 368 g/mol. The number of rotatable bonds is 7. The number of nitriles is 1. The maximum Gasteiger partial charge on any atom is 0.266 e. The molecule has 0 fully saturated rings. The van der Waals surface area contributed by atoms with Gasteiger partial charge in [0.2, 0.25) is 5.91 Å². The minimum Gasteiger partial charge on any atom is -0.497 e. The van der Waals surface area contributed by atoms with Crippen molar-refractivity contribution in [3.8, 4) is 23.1 Å². The summed E-state index contributed by atoms with van der Waals surface area (Å²) in [6.45, 7) is 0.309. The third-order valence-corrected chi connectivity index (χ3v) is 4.33. The number of hydrogen-bond acceptors (Lipinski definition) is 5. The maximum absolute atomic E-state index is 12.2. The van der Waals surface area contributed by atoms with Crippen molar-refractivity contribution in [2.75, 3.05) is 12.4 Å². The van der Waals surface area contributed by atoms with E-state index in [9.17, 15) is 9.59 Å². The van der Waals surface area contributed by atoms with Crippen LogP contribution in [-0.2, 0) is 11.3 Å². The summed E-state index contributed by atoms with van der Waals surface area (Å²) in [5.41, 5.74) is 2.15. The van der Waals surface area contributed by atoms with Gasteiger partial charge in [-0.15, -0.1) is 0 Å². The number of aromatic nitrogens is 2. The fraction of sp³-hybridized carbons (Fsp3) is 0.182. The smallest absolute Gasteiger partial charge is 0.266 e. The Bertz CT molecular complexity index is 1120. The quantitative estimate of drug-likeness (QED) is 0.670. The highest BCUT2D eigenvalue weighted by Gasteiger charge is 2.08. The van der Waals surface area contributed by atoms with Crippen molar-refractivity contribution in [1.82, 2.24) is 9.78 Å². The predicted octanol–water partition coefficient (Wildman–Crippen LogP) is 3.21. The standard InChI is InChI=1S/C22H20N4O3/c1-29-18-8-4-7-16(14-18)20-11-12-22(28)26(25-20)13-5-10-21(27)24-19-9-3-2-6-17(19)15-23/h2-4,6-9,11-12,14H,5,10,13H2,1H3,(H,24,27). The van der Waals surface area contributed by atoms with E-state index in [1.54, 1.807) is 37.4 Å². The van der Waals surface area contributed by atoms with E-state index in [2.05, 4.69) is 10.4 Å².